The van der Waals surface area contributed by atoms with E-state index in [9.17, 15) is 0 Å². The van der Waals surface area contributed by atoms with Crippen molar-refractivity contribution < 1.29 is 9.05 Å². The van der Waals surface area contributed by atoms with E-state index in [-0.39, 0.29) is 9.03 Å². The molecule has 0 N–H and O–H groups in total. The molecule has 3 heteroatoms. The summed E-state index contributed by atoms with van der Waals surface area (Å²) in [5.41, 5.74) is 1.24. The van der Waals surface area contributed by atoms with Gasteiger partial charge in [-0.15, -0.1) is 0 Å². The monoisotopic (exact) mass is 212 g/mol. The Morgan fingerprint density at radius 1 is 1.21 bits per heavy atom. The van der Waals surface area contributed by atoms with Gasteiger partial charge in [-0.25, -0.2) is 0 Å². The molecule has 0 aliphatic carbocycles. The highest BCUT2D eigenvalue weighted by atomic mass is 31.1. The van der Waals surface area contributed by atoms with Crippen LogP contribution in [0.15, 0.2) is 24.3 Å². The van der Waals surface area contributed by atoms with Crippen LogP contribution < -0.4 is 4.52 Å². The molecule has 1 atom stereocenters. The second kappa shape index (κ2) is 6.00. The van der Waals surface area contributed by atoms with Crippen LogP contribution in [0.4, 0.5) is 0 Å². The standard InChI is InChI=1S/C11H17O2P/c1-9(2)8-12-14-13-11-6-4-10(3)5-7-11/h4-7,9,14H,8H2,1-3H3. The Balaban J connectivity index is 2.21. The van der Waals surface area contributed by atoms with E-state index in [1.165, 1.54) is 5.56 Å². The molecule has 78 valence electrons. The zero-order valence-corrected chi connectivity index (χ0v) is 9.91. The van der Waals surface area contributed by atoms with Gasteiger partial charge in [0.2, 0.25) is 9.03 Å². The third kappa shape index (κ3) is 4.59. The normalized spacial score (nSPS) is 11.4. The number of benzene rings is 1. The first-order valence-electron chi connectivity index (χ1n) is 4.79. The lowest BCUT2D eigenvalue weighted by Gasteiger charge is -2.07. The second-order valence-electron chi connectivity index (χ2n) is 3.70. The highest BCUT2D eigenvalue weighted by Gasteiger charge is 1.95. The number of hydrogen-bond acceptors (Lipinski definition) is 2. The maximum absolute atomic E-state index is 5.42. The molecule has 0 heterocycles. The van der Waals surface area contributed by atoms with Crippen molar-refractivity contribution in [2.24, 2.45) is 5.92 Å². The molecule has 14 heavy (non-hydrogen) atoms. The van der Waals surface area contributed by atoms with Crippen molar-refractivity contribution in [2.45, 2.75) is 20.8 Å². The van der Waals surface area contributed by atoms with Crippen molar-refractivity contribution in [3.63, 3.8) is 0 Å². The van der Waals surface area contributed by atoms with Gasteiger partial charge in [0.15, 0.2) is 0 Å². The molecule has 0 radical (unpaired) electrons. The topological polar surface area (TPSA) is 18.5 Å². The Morgan fingerprint density at radius 2 is 1.86 bits per heavy atom. The van der Waals surface area contributed by atoms with Crippen LogP contribution in [-0.2, 0) is 4.52 Å². The molecule has 1 unspecified atom stereocenters. The molecular formula is C11H17O2P. The van der Waals surface area contributed by atoms with Gasteiger partial charge in [-0.2, -0.15) is 0 Å². The van der Waals surface area contributed by atoms with Crippen molar-refractivity contribution >= 4 is 9.03 Å². The molecule has 1 aromatic carbocycles. The predicted molar refractivity (Wildman–Crippen MR) is 60.9 cm³/mol. The van der Waals surface area contributed by atoms with Gasteiger partial charge in [-0.1, -0.05) is 31.5 Å². The Kier molecular flexibility index (Phi) is 4.92. The summed E-state index contributed by atoms with van der Waals surface area (Å²) in [4.78, 5) is 0. The minimum absolute atomic E-state index is 0.0992. The van der Waals surface area contributed by atoms with Crippen molar-refractivity contribution in [2.75, 3.05) is 6.61 Å². The number of rotatable bonds is 5. The highest BCUT2D eigenvalue weighted by molar-refractivity contribution is 7.26. The first-order chi connectivity index (χ1) is 6.68. The lowest BCUT2D eigenvalue weighted by Crippen LogP contribution is -1.96. The Labute approximate surface area is 87.6 Å². The Bertz CT molecular complexity index is 256. The third-order valence-electron chi connectivity index (χ3n) is 1.66. The molecule has 2 nitrogen and oxygen atoms in total. The second-order valence-corrected chi connectivity index (χ2v) is 4.36. The summed E-state index contributed by atoms with van der Waals surface area (Å²) >= 11 is 0. The average molecular weight is 212 g/mol. The lowest BCUT2D eigenvalue weighted by molar-refractivity contribution is 0.283. The summed E-state index contributed by atoms with van der Waals surface area (Å²) in [7, 11) is 0.0992. The quantitative estimate of drug-likeness (QED) is 0.549. The van der Waals surface area contributed by atoms with Crippen LogP contribution in [0.3, 0.4) is 0 Å². The third-order valence-corrected chi connectivity index (χ3v) is 2.26. The van der Waals surface area contributed by atoms with E-state index in [0.717, 1.165) is 12.4 Å². The first kappa shape index (κ1) is 11.5. The zero-order valence-electron chi connectivity index (χ0n) is 8.91. The largest absolute Gasteiger partial charge is 0.450 e. The van der Waals surface area contributed by atoms with Gasteiger partial charge in [0.25, 0.3) is 0 Å². The van der Waals surface area contributed by atoms with Gasteiger partial charge >= 0.3 is 0 Å². The fraction of sp³-hybridized carbons (Fsp3) is 0.455. The molecule has 0 aliphatic heterocycles. The minimum atomic E-state index is 0.0992. The van der Waals surface area contributed by atoms with Gasteiger partial charge < -0.3 is 9.05 Å². The van der Waals surface area contributed by atoms with E-state index in [1.54, 1.807) is 0 Å². The summed E-state index contributed by atoms with van der Waals surface area (Å²) in [5.74, 6) is 1.43. The average Bonchev–Trinajstić information content (AvgIpc) is 2.15. The van der Waals surface area contributed by atoms with Crippen LogP contribution in [0.25, 0.3) is 0 Å². The van der Waals surface area contributed by atoms with E-state index in [0.29, 0.717) is 5.92 Å². The fourth-order valence-electron chi connectivity index (χ4n) is 0.885. The van der Waals surface area contributed by atoms with E-state index < -0.39 is 0 Å². The molecule has 0 aromatic heterocycles. The molecule has 0 aliphatic rings. The summed E-state index contributed by atoms with van der Waals surface area (Å²) in [6, 6.07) is 7.98. The molecule has 0 bridgehead atoms. The lowest BCUT2D eigenvalue weighted by atomic mass is 10.2. The summed E-state index contributed by atoms with van der Waals surface area (Å²) in [6.45, 7) is 7.05. The number of aryl methyl sites for hydroxylation is 1. The summed E-state index contributed by atoms with van der Waals surface area (Å²) in [6.07, 6.45) is 0. The molecule has 0 fully saturated rings. The van der Waals surface area contributed by atoms with E-state index in [2.05, 4.69) is 20.8 Å². The molecule has 0 amide bonds. The van der Waals surface area contributed by atoms with Crippen molar-refractivity contribution in [3.8, 4) is 5.75 Å². The van der Waals surface area contributed by atoms with E-state index >= 15 is 0 Å². The smallest absolute Gasteiger partial charge is 0.215 e. The molecule has 1 aromatic rings. The molecular weight excluding hydrogens is 195 g/mol. The van der Waals surface area contributed by atoms with Crippen LogP contribution in [0.1, 0.15) is 19.4 Å². The van der Waals surface area contributed by atoms with Crippen molar-refractivity contribution in [1.82, 2.24) is 0 Å². The molecule has 0 saturated heterocycles. The SMILES string of the molecule is Cc1ccc(OPOCC(C)C)cc1. The predicted octanol–water partition coefficient (Wildman–Crippen LogP) is 3.55. The van der Waals surface area contributed by atoms with Gasteiger partial charge in [0.1, 0.15) is 5.75 Å². The molecule has 1 rings (SSSR count). The van der Waals surface area contributed by atoms with Gasteiger partial charge in [-0.3, -0.25) is 0 Å². The zero-order chi connectivity index (χ0) is 10.4. The fourth-order valence-corrected chi connectivity index (χ4v) is 1.58. The van der Waals surface area contributed by atoms with Crippen molar-refractivity contribution in [3.05, 3.63) is 29.8 Å². The molecule has 0 spiro atoms. The highest BCUT2D eigenvalue weighted by Crippen LogP contribution is 2.22. The van der Waals surface area contributed by atoms with Gasteiger partial charge in [0.05, 0.1) is 6.61 Å². The van der Waals surface area contributed by atoms with E-state index in [1.807, 2.05) is 24.3 Å². The minimum Gasteiger partial charge on any atom is -0.450 e. The van der Waals surface area contributed by atoms with Crippen molar-refractivity contribution in [1.29, 1.82) is 0 Å². The van der Waals surface area contributed by atoms with Crippen LogP contribution in [0, 0.1) is 12.8 Å². The van der Waals surface area contributed by atoms with Crippen LogP contribution >= 0.6 is 9.03 Å². The maximum Gasteiger partial charge on any atom is 0.215 e. The summed E-state index contributed by atoms with van der Waals surface area (Å²) in [5, 5.41) is 0. The van der Waals surface area contributed by atoms with Crippen LogP contribution in [0.5, 0.6) is 5.75 Å². The van der Waals surface area contributed by atoms with Gasteiger partial charge in [0, 0.05) is 0 Å². The van der Waals surface area contributed by atoms with Crippen LogP contribution in [0.2, 0.25) is 0 Å². The summed E-state index contributed by atoms with van der Waals surface area (Å²) < 4.78 is 10.8. The number of hydrogen-bond donors (Lipinski definition) is 0. The van der Waals surface area contributed by atoms with E-state index in [4.69, 9.17) is 9.05 Å². The Morgan fingerprint density at radius 3 is 2.43 bits per heavy atom. The first-order valence-corrected chi connectivity index (χ1v) is 5.60. The van der Waals surface area contributed by atoms with Gasteiger partial charge in [-0.05, 0) is 25.0 Å². The van der Waals surface area contributed by atoms with Crippen LogP contribution in [-0.4, -0.2) is 6.61 Å². The Hall–Kier alpha value is -0.590. The maximum atomic E-state index is 5.42. The molecule has 0 saturated carbocycles.